The molecule has 5 aliphatic rings. The Hall–Kier alpha value is -1.48. The molecule has 3 nitrogen and oxygen atoms in total. The largest absolute Gasteiger partial charge is 0.495 e. The molecule has 3 aliphatic carbocycles. The number of aliphatic hydroxyl groups excluding tert-OH is 1. The van der Waals surface area contributed by atoms with E-state index in [1.807, 2.05) is 12.1 Å². The highest BCUT2D eigenvalue weighted by Crippen LogP contribution is 2.70. The van der Waals surface area contributed by atoms with Crippen molar-refractivity contribution in [1.82, 2.24) is 4.90 Å². The minimum Gasteiger partial charge on any atom is -0.495 e. The van der Waals surface area contributed by atoms with Crippen molar-refractivity contribution < 1.29 is 9.84 Å². The van der Waals surface area contributed by atoms with Gasteiger partial charge in [0.25, 0.3) is 0 Å². The quantitative estimate of drug-likeness (QED) is 0.845. The van der Waals surface area contributed by atoms with Crippen LogP contribution in [0.1, 0.15) is 45.6 Å². The van der Waals surface area contributed by atoms with Crippen molar-refractivity contribution in [1.29, 1.82) is 0 Å². The Morgan fingerprint density at radius 1 is 1.13 bits per heavy atom. The number of fused-ring (bicyclic) bond motifs is 1. The SMILES string of the molecule is CC1(C)[C@H]2C[C@@H]3N4C(O)=CC[C@@]4(c4ccccc4)O[C@]3(C)[C@@H]1C2. The molecule has 0 aromatic heterocycles. The molecule has 0 radical (unpaired) electrons. The summed E-state index contributed by atoms with van der Waals surface area (Å²) in [6, 6.07) is 10.7. The van der Waals surface area contributed by atoms with E-state index in [2.05, 4.69) is 49.9 Å². The van der Waals surface area contributed by atoms with E-state index in [0.717, 1.165) is 24.3 Å². The molecule has 5 atom stereocenters. The number of rotatable bonds is 1. The van der Waals surface area contributed by atoms with E-state index >= 15 is 0 Å². The lowest BCUT2D eigenvalue weighted by Gasteiger charge is -2.64. The van der Waals surface area contributed by atoms with Crippen LogP contribution < -0.4 is 0 Å². The summed E-state index contributed by atoms with van der Waals surface area (Å²) >= 11 is 0. The Morgan fingerprint density at radius 3 is 2.57 bits per heavy atom. The molecule has 1 aromatic carbocycles. The van der Waals surface area contributed by atoms with Gasteiger partial charge in [0.1, 0.15) is 0 Å². The van der Waals surface area contributed by atoms with E-state index in [0.29, 0.717) is 17.2 Å². The van der Waals surface area contributed by atoms with Crippen LogP contribution >= 0.6 is 0 Å². The average Bonchev–Trinajstić information content (AvgIpc) is 2.99. The number of benzene rings is 1. The van der Waals surface area contributed by atoms with Gasteiger partial charge in [-0.05, 0) is 43.1 Å². The van der Waals surface area contributed by atoms with E-state index in [9.17, 15) is 5.11 Å². The molecule has 1 aromatic rings. The summed E-state index contributed by atoms with van der Waals surface area (Å²) in [7, 11) is 0. The second-order valence-electron chi connectivity index (χ2n) is 8.63. The van der Waals surface area contributed by atoms with Crippen molar-refractivity contribution in [3.8, 4) is 0 Å². The van der Waals surface area contributed by atoms with Gasteiger partial charge in [0.2, 0.25) is 0 Å². The molecule has 1 N–H and O–H groups in total. The number of nitrogens with zero attached hydrogens (tertiary/aromatic N) is 1. The Morgan fingerprint density at radius 2 is 1.87 bits per heavy atom. The van der Waals surface area contributed by atoms with Gasteiger partial charge in [-0.15, -0.1) is 0 Å². The lowest BCUT2D eigenvalue weighted by molar-refractivity contribution is -0.227. The van der Waals surface area contributed by atoms with Crippen LogP contribution in [0.2, 0.25) is 0 Å². The summed E-state index contributed by atoms with van der Waals surface area (Å²) in [6.07, 6.45) is 5.04. The first-order valence-corrected chi connectivity index (χ1v) is 8.84. The Labute approximate surface area is 137 Å². The van der Waals surface area contributed by atoms with E-state index in [4.69, 9.17) is 4.74 Å². The predicted molar refractivity (Wildman–Crippen MR) is 88.6 cm³/mol. The molecule has 0 amide bonds. The van der Waals surface area contributed by atoms with E-state index in [1.54, 1.807) is 0 Å². The molecule has 3 heteroatoms. The molecule has 122 valence electrons. The summed E-state index contributed by atoms with van der Waals surface area (Å²) in [5, 5.41) is 10.6. The highest BCUT2D eigenvalue weighted by Gasteiger charge is 2.73. The van der Waals surface area contributed by atoms with Crippen LogP contribution in [0.3, 0.4) is 0 Å². The molecule has 2 aliphatic heterocycles. The van der Waals surface area contributed by atoms with Gasteiger partial charge in [-0.25, -0.2) is 0 Å². The normalized spacial score (nSPS) is 46.0. The molecule has 0 unspecified atom stereocenters. The summed E-state index contributed by atoms with van der Waals surface area (Å²) in [5.74, 6) is 1.72. The van der Waals surface area contributed by atoms with Crippen molar-refractivity contribution in [3.05, 3.63) is 47.9 Å². The van der Waals surface area contributed by atoms with Crippen LogP contribution in [-0.2, 0) is 10.5 Å². The molecular weight excluding hydrogens is 286 g/mol. The molecule has 23 heavy (non-hydrogen) atoms. The Kier molecular flexibility index (Phi) is 2.39. The fraction of sp³-hybridized carbons (Fsp3) is 0.600. The topological polar surface area (TPSA) is 32.7 Å². The van der Waals surface area contributed by atoms with Crippen molar-refractivity contribution in [2.75, 3.05) is 0 Å². The maximum Gasteiger partial charge on any atom is 0.185 e. The van der Waals surface area contributed by atoms with Gasteiger partial charge >= 0.3 is 0 Å². The van der Waals surface area contributed by atoms with Crippen molar-refractivity contribution >= 4 is 0 Å². The minimum absolute atomic E-state index is 0.184. The first-order chi connectivity index (χ1) is 10.9. The highest BCUT2D eigenvalue weighted by atomic mass is 16.6. The van der Waals surface area contributed by atoms with Gasteiger partial charge in [-0.1, -0.05) is 44.2 Å². The summed E-state index contributed by atoms with van der Waals surface area (Å²) in [4.78, 5) is 2.19. The minimum atomic E-state index is -0.516. The van der Waals surface area contributed by atoms with Gasteiger partial charge in [0, 0.05) is 12.0 Å². The van der Waals surface area contributed by atoms with Crippen molar-refractivity contribution in [2.45, 2.75) is 57.4 Å². The van der Waals surface area contributed by atoms with Crippen molar-refractivity contribution in [2.24, 2.45) is 17.3 Å². The molecule has 4 fully saturated rings. The Bertz CT molecular complexity index is 697. The van der Waals surface area contributed by atoms with Gasteiger partial charge in [0.05, 0.1) is 11.6 Å². The van der Waals surface area contributed by atoms with Crippen LogP contribution in [0, 0.1) is 17.3 Å². The molecule has 2 heterocycles. The smallest absolute Gasteiger partial charge is 0.185 e. The van der Waals surface area contributed by atoms with Gasteiger partial charge in [0.15, 0.2) is 11.6 Å². The Balaban J connectivity index is 1.65. The van der Waals surface area contributed by atoms with Crippen LogP contribution in [-0.4, -0.2) is 21.6 Å². The molecule has 2 bridgehead atoms. The zero-order chi connectivity index (χ0) is 16.0. The van der Waals surface area contributed by atoms with Gasteiger partial charge < -0.3 is 14.7 Å². The zero-order valence-corrected chi connectivity index (χ0v) is 14.1. The van der Waals surface area contributed by atoms with Crippen LogP contribution in [0.5, 0.6) is 0 Å². The van der Waals surface area contributed by atoms with Gasteiger partial charge in [-0.3, -0.25) is 0 Å². The van der Waals surface area contributed by atoms with E-state index in [1.165, 1.54) is 6.42 Å². The second kappa shape index (κ2) is 3.94. The van der Waals surface area contributed by atoms with Gasteiger partial charge in [-0.2, -0.15) is 0 Å². The first-order valence-electron chi connectivity index (χ1n) is 8.84. The molecule has 3 saturated carbocycles. The predicted octanol–water partition coefficient (Wildman–Crippen LogP) is 4.17. The summed E-state index contributed by atoms with van der Waals surface area (Å²) in [6.45, 7) is 7.08. The van der Waals surface area contributed by atoms with Crippen LogP contribution in [0.25, 0.3) is 0 Å². The fourth-order valence-electron chi connectivity index (χ4n) is 6.12. The molecule has 0 spiro atoms. The molecular formula is C20H25NO2. The second-order valence-corrected chi connectivity index (χ2v) is 8.63. The number of ether oxygens (including phenoxy) is 1. The lowest BCUT2D eigenvalue weighted by atomic mass is 9.43. The standard InChI is InChI=1S/C20H25NO2/c1-18(2)14-11-15(18)19(3)16(12-14)21-17(22)9-10-20(21,23-19)13-7-5-4-6-8-13/h4-9,14-16,22H,10-12H2,1-3H3/t14-,15-,16+,19-,20+/m1/s1. The third-order valence-electron chi connectivity index (χ3n) is 7.45. The van der Waals surface area contributed by atoms with Crippen LogP contribution in [0.15, 0.2) is 42.3 Å². The maximum absolute atomic E-state index is 10.6. The number of hydrogen-bond acceptors (Lipinski definition) is 3. The maximum atomic E-state index is 10.6. The summed E-state index contributed by atoms with van der Waals surface area (Å²) < 4.78 is 6.92. The summed E-state index contributed by atoms with van der Waals surface area (Å²) in [5.41, 5.74) is 0.808. The molecule has 1 saturated heterocycles. The third-order valence-corrected chi connectivity index (χ3v) is 7.45. The van der Waals surface area contributed by atoms with E-state index in [-0.39, 0.29) is 11.6 Å². The first kappa shape index (κ1) is 13.9. The average molecular weight is 311 g/mol. The number of hydrogen-bond donors (Lipinski definition) is 1. The lowest BCUT2D eigenvalue weighted by Crippen LogP contribution is -2.66. The third kappa shape index (κ3) is 1.42. The monoisotopic (exact) mass is 311 g/mol. The highest BCUT2D eigenvalue weighted by molar-refractivity contribution is 5.34. The fourth-order valence-corrected chi connectivity index (χ4v) is 6.12. The zero-order valence-electron chi connectivity index (χ0n) is 14.1. The van der Waals surface area contributed by atoms with E-state index < -0.39 is 5.72 Å². The molecule has 6 rings (SSSR count). The number of aliphatic hydroxyl groups is 1. The van der Waals surface area contributed by atoms with Crippen molar-refractivity contribution in [3.63, 3.8) is 0 Å². The van der Waals surface area contributed by atoms with Crippen LogP contribution in [0.4, 0.5) is 0 Å².